The normalized spacial score (nSPS) is 46.9. The number of fused-ring (bicyclic) bond motifs is 5. The van der Waals surface area contributed by atoms with Gasteiger partial charge in [-0.05, 0) is 110 Å². The van der Waals surface area contributed by atoms with E-state index in [1.54, 1.807) is 44.9 Å². The van der Waals surface area contributed by atoms with Gasteiger partial charge < -0.3 is 0 Å². The van der Waals surface area contributed by atoms with Crippen LogP contribution in [0.5, 0.6) is 0 Å². The predicted molar refractivity (Wildman–Crippen MR) is 131 cm³/mol. The Bertz CT molecular complexity index is 560. The van der Waals surface area contributed by atoms with Crippen molar-refractivity contribution in [1.29, 1.82) is 0 Å². The van der Waals surface area contributed by atoms with Crippen LogP contribution in [0.3, 0.4) is 0 Å². The molecule has 0 aromatic rings. The van der Waals surface area contributed by atoms with Crippen molar-refractivity contribution in [1.82, 2.24) is 0 Å². The number of rotatable bonds is 7. The van der Waals surface area contributed by atoms with Gasteiger partial charge >= 0.3 is 0 Å². The van der Waals surface area contributed by atoms with E-state index in [-0.39, 0.29) is 0 Å². The van der Waals surface area contributed by atoms with Crippen LogP contribution in [0.25, 0.3) is 0 Å². The zero-order chi connectivity index (χ0) is 21.5. The third kappa shape index (κ3) is 3.94. The number of hydrogen-bond acceptors (Lipinski definition) is 0. The Morgan fingerprint density at radius 2 is 1.50 bits per heavy atom. The molecule has 0 heteroatoms. The molecule has 0 aromatic heterocycles. The first-order valence-electron chi connectivity index (χ1n) is 14.3. The fourth-order valence-electron chi connectivity index (χ4n) is 10.1. The highest BCUT2D eigenvalue weighted by molar-refractivity contribution is 5.09. The minimum absolute atomic E-state index is 0.667. The predicted octanol–water partition coefficient (Wildman–Crippen LogP) is 9.52. The molecular formula is C30H54. The lowest BCUT2D eigenvalue weighted by Crippen LogP contribution is -2.53. The first kappa shape index (κ1) is 23.2. The van der Waals surface area contributed by atoms with E-state index in [1.807, 2.05) is 0 Å². The Kier molecular flexibility index (Phi) is 7.02. The quantitative estimate of drug-likeness (QED) is 0.389. The molecule has 0 amide bonds. The zero-order valence-corrected chi connectivity index (χ0v) is 21.5. The maximum atomic E-state index is 2.76. The smallest absolute Gasteiger partial charge is 0.0264 e. The second kappa shape index (κ2) is 9.09. The summed E-state index contributed by atoms with van der Waals surface area (Å²) in [4.78, 5) is 0. The van der Waals surface area contributed by atoms with Crippen molar-refractivity contribution in [2.75, 3.05) is 0 Å². The van der Waals surface area contributed by atoms with Crippen molar-refractivity contribution in [3.8, 4) is 0 Å². The average molecular weight is 415 g/mol. The Balaban J connectivity index is 1.41. The molecule has 0 saturated heterocycles. The summed E-state index contributed by atoms with van der Waals surface area (Å²) in [6.45, 7) is 15.5. The Hall–Kier alpha value is 0. The van der Waals surface area contributed by atoms with Crippen molar-refractivity contribution in [2.45, 2.75) is 131 Å². The van der Waals surface area contributed by atoms with Gasteiger partial charge in [-0.25, -0.2) is 0 Å². The molecule has 0 heterocycles. The molecule has 0 aliphatic heterocycles. The van der Waals surface area contributed by atoms with Gasteiger partial charge in [-0.2, -0.15) is 0 Å². The van der Waals surface area contributed by atoms with E-state index in [4.69, 9.17) is 0 Å². The van der Waals surface area contributed by atoms with Crippen molar-refractivity contribution < 1.29 is 0 Å². The molecule has 1 unspecified atom stereocenters. The maximum Gasteiger partial charge on any atom is -0.0264 e. The van der Waals surface area contributed by atoms with E-state index in [0.717, 1.165) is 47.3 Å². The summed E-state index contributed by atoms with van der Waals surface area (Å²) in [6.07, 6.45) is 21.2. The molecule has 4 rings (SSSR count). The van der Waals surface area contributed by atoms with Crippen molar-refractivity contribution in [3.05, 3.63) is 0 Å². The van der Waals surface area contributed by atoms with Gasteiger partial charge in [0.25, 0.3) is 0 Å². The van der Waals surface area contributed by atoms with E-state index in [0.29, 0.717) is 10.8 Å². The maximum absolute atomic E-state index is 2.76. The summed E-state index contributed by atoms with van der Waals surface area (Å²) in [5.41, 5.74) is 1.36. The van der Waals surface area contributed by atoms with Crippen LogP contribution in [-0.4, -0.2) is 0 Å². The van der Waals surface area contributed by atoms with Crippen LogP contribution in [0.1, 0.15) is 131 Å². The van der Waals surface area contributed by atoms with Crippen LogP contribution in [0.15, 0.2) is 0 Å². The van der Waals surface area contributed by atoms with Crippen LogP contribution < -0.4 is 0 Å². The standard InChI is InChI=1S/C30H54/c1-7-23(8-2)11-9-10-22(4)26-14-15-27-25-13-12-24-20-21(3)16-18-29(24,5)28(25)17-19-30(26,27)6/h21-28H,7-20H2,1-6H3/t21?,22-,24-,25+,26-,27+,28+,29+,30-/m1/s1. The first-order valence-corrected chi connectivity index (χ1v) is 14.3. The SMILES string of the molecule is CCC(CC)CCC[C@@H](C)[C@H]1CC[C@H]2[C@@H]3CC[C@@H]4CC(C)CC[C@]4(C)[C@H]3CC[C@]12C. The summed E-state index contributed by atoms with van der Waals surface area (Å²) in [7, 11) is 0. The molecule has 0 radical (unpaired) electrons. The lowest BCUT2D eigenvalue weighted by molar-refractivity contribution is -0.120. The fourth-order valence-corrected chi connectivity index (χ4v) is 10.1. The first-order chi connectivity index (χ1) is 14.3. The molecule has 4 aliphatic rings. The summed E-state index contributed by atoms with van der Waals surface area (Å²) < 4.78 is 0. The van der Waals surface area contributed by atoms with Gasteiger partial charge in [0, 0.05) is 0 Å². The van der Waals surface area contributed by atoms with Crippen LogP contribution in [0.2, 0.25) is 0 Å². The second-order valence-electron chi connectivity index (χ2n) is 13.4. The Morgan fingerprint density at radius 3 is 2.23 bits per heavy atom. The van der Waals surface area contributed by atoms with Crippen LogP contribution in [-0.2, 0) is 0 Å². The number of hydrogen-bond donors (Lipinski definition) is 0. The van der Waals surface area contributed by atoms with Crippen LogP contribution >= 0.6 is 0 Å². The third-order valence-corrected chi connectivity index (χ3v) is 12.1. The highest BCUT2D eigenvalue weighted by Crippen LogP contribution is 2.68. The van der Waals surface area contributed by atoms with Crippen molar-refractivity contribution >= 4 is 0 Å². The summed E-state index contributed by atoms with van der Waals surface area (Å²) in [6, 6.07) is 0. The van der Waals surface area contributed by atoms with E-state index in [2.05, 4.69) is 41.5 Å². The Labute approximate surface area is 189 Å². The van der Waals surface area contributed by atoms with Gasteiger partial charge in [-0.3, -0.25) is 0 Å². The monoisotopic (exact) mass is 414 g/mol. The summed E-state index contributed by atoms with van der Waals surface area (Å²) in [5, 5.41) is 0. The van der Waals surface area contributed by atoms with Gasteiger partial charge in [0.15, 0.2) is 0 Å². The molecule has 174 valence electrons. The molecule has 30 heavy (non-hydrogen) atoms. The van der Waals surface area contributed by atoms with Gasteiger partial charge in [-0.1, -0.05) is 80.1 Å². The highest BCUT2D eigenvalue weighted by atomic mass is 14.6. The van der Waals surface area contributed by atoms with Gasteiger partial charge in [0.1, 0.15) is 0 Å². The largest absolute Gasteiger partial charge is 0.0651 e. The van der Waals surface area contributed by atoms with Gasteiger partial charge in [0.05, 0.1) is 0 Å². The lowest BCUT2D eigenvalue weighted by Gasteiger charge is -2.61. The van der Waals surface area contributed by atoms with Crippen molar-refractivity contribution in [3.63, 3.8) is 0 Å². The fraction of sp³-hybridized carbons (Fsp3) is 1.00. The van der Waals surface area contributed by atoms with E-state index in [1.165, 1.54) is 44.9 Å². The second-order valence-corrected chi connectivity index (χ2v) is 13.4. The third-order valence-electron chi connectivity index (χ3n) is 12.1. The molecule has 0 aromatic carbocycles. The molecule has 0 bridgehead atoms. The van der Waals surface area contributed by atoms with E-state index >= 15 is 0 Å². The van der Waals surface area contributed by atoms with Crippen LogP contribution in [0.4, 0.5) is 0 Å². The van der Waals surface area contributed by atoms with Gasteiger partial charge in [-0.15, -0.1) is 0 Å². The van der Waals surface area contributed by atoms with E-state index in [9.17, 15) is 0 Å². The average Bonchev–Trinajstić information content (AvgIpc) is 3.09. The summed E-state index contributed by atoms with van der Waals surface area (Å²) in [5.74, 6) is 8.17. The topological polar surface area (TPSA) is 0 Å². The van der Waals surface area contributed by atoms with E-state index < -0.39 is 0 Å². The molecule has 4 saturated carbocycles. The summed E-state index contributed by atoms with van der Waals surface area (Å²) >= 11 is 0. The molecule has 4 fully saturated rings. The molecule has 0 spiro atoms. The molecule has 9 atom stereocenters. The highest BCUT2D eigenvalue weighted by Gasteiger charge is 2.60. The van der Waals surface area contributed by atoms with Crippen molar-refractivity contribution in [2.24, 2.45) is 58.2 Å². The molecule has 0 nitrogen and oxygen atoms in total. The Morgan fingerprint density at radius 1 is 0.800 bits per heavy atom. The van der Waals surface area contributed by atoms with Gasteiger partial charge in [0.2, 0.25) is 0 Å². The zero-order valence-electron chi connectivity index (χ0n) is 21.5. The molecular weight excluding hydrogens is 360 g/mol. The minimum Gasteiger partial charge on any atom is -0.0651 e. The molecule has 4 aliphatic carbocycles. The minimum atomic E-state index is 0.667. The van der Waals surface area contributed by atoms with Crippen LogP contribution in [0, 0.1) is 58.2 Å². The molecule has 0 N–H and O–H groups in total. The lowest BCUT2D eigenvalue weighted by atomic mass is 9.44.